The number of carbonyl (C=O) groups excluding carboxylic acids is 2. The van der Waals surface area contributed by atoms with Crippen LogP contribution in [0.25, 0.3) is 22.3 Å². The van der Waals surface area contributed by atoms with Crippen LogP contribution in [0.5, 0.6) is 0 Å². The predicted molar refractivity (Wildman–Crippen MR) is 109 cm³/mol. The molecular formula is C22H12Br2O2. The van der Waals surface area contributed by atoms with Gasteiger partial charge in [-0.2, -0.15) is 0 Å². The highest BCUT2D eigenvalue weighted by Crippen LogP contribution is 2.43. The van der Waals surface area contributed by atoms with Gasteiger partial charge in [0.2, 0.25) is 0 Å². The minimum Gasteiger partial charge on any atom is -0.292 e. The van der Waals surface area contributed by atoms with E-state index in [1.807, 2.05) is 60.7 Å². The van der Waals surface area contributed by atoms with Crippen molar-refractivity contribution < 1.29 is 9.59 Å². The average Bonchev–Trinajstić information content (AvgIpc) is 3.06. The number of carbonyl (C=O) groups is 2. The minimum atomic E-state index is -0.698. The highest BCUT2D eigenvalue weighted by molar-refractivity contribution is 9.26. The van der Waals surface area contributed by atoms with Gasteiger partial charge in [0.1, 0.15) is 3.23 Å². The van der Waals surface area contributed by atoms with Crippen LogP contribution in [-0.4, -0.2) is 14.8 Å². The summed E-state index contributed by atoms with van der Waals surface area (Å²) in [4.78, 5) is 25.1. The Morgan fingerprint density at radius 2 is 1.31 bits per heavy atom. The summed E-state index contributed by atoms with van der Waals surface area (Å²) in [5, 5.41) is 0. The van der Waals surface area contributed by atoms with E-state index in [0.29, 0.717) is 6.42 Å². The van der Waals surface area contributed by atoms with E-state index in [9.17, 15) is 9.59 Å². The highest BCUT2D eigenvalue weighted by atomic mass is 79.9. The molecule has 0 radical (unpaired) electrons. The lowest BCUT2D eigenvalue weighted by Crippen LogP contribution is -2.19. The highest BCUT2D eigenvalue weighted by Gasteiger charge is 2.41. The van der Waals surface area contributed by atoms with Gasteiger partial charge in [-0.25, -0.2) is 0 Å². The van der Waals surface area contributed by atoms with Crippen LogP contribution in [0.1, 0.15) is 31.8 Å². The van der Waals surface area contributed by atoms with Crippen molar-refractivity contribution in [1.82, 2.24) is 0 Å². The molecule has 0 saturated heterocycles. The SMILES string of the molecule is O=C1c2ccccc2-c2ccc(-c3ccc4c(c3)CC(Br)(Br)C4=O)cc21. The molecule has 0 aromatic heterocycles. The van der Waals surface area contributed by atoms with Crippen molar-refractivity contribution in [2.24, 2.45) is 0 Å². The summed E-state index contributed by atoms with van der Waals surface area (Å²) in [6.07, 6.45) is 0.602. The lowest BCUT2D eigenvalue weighted by molar-refractivity contribution is 0.0993. The zero-order valence-corrected chi connectivity index (χ0v) is 16.7. The maximum Gasteiger partial charge on any atom is 0.194 e. The summed E-state index contributed by atoms with van der Waals surface area (Å²) in [6, 6.07) is 19.6. The molecule has 5 rings (SSSR count). The number of rotatable bonds is 1. The van der Waals surface area contributed by atoms with Gasteiger partial charge in [-0.1, -0.05) is 86.5 Å². The zero-order valence-electron chi connectivity index (χ0n) is 13.6. The van der Waals surface area contributed by atoms with E-state index in [4.69, 9.17) is 0 Å². The Bertz CT molecular complexity index is 1130. The van der Waals surface area contributed by atoms with Gasteiger partial charge >= 0.3 is 0 Å². The molecule has 0 N–H and O–H groups in total. The number of halogens is 2. The van der Waals surface area contributed by atoms with Crippen LogP contribution >= 0.6 is 31.9 Å². The van der Waals surface area contributed by atoms with E-state index in [-0.39, 0.29) is 11.6 Å². The van der Waals surface area contributed by atoms with Crippen molar-refractivity contribution in [1.29, 1.82) is 0 Å². The van der Waals surface area contributed by atoms with Gasteiger partial charge in [-0.3, -0.25) is 9.59 Å². The molecule has 0 unspecified atom stereocenters. The first kappa shape index (κ1) is 16.2. The number of alkyl halides is 2. The third-order valence-electron chi connectivity index (χ3n) is 5.15. The second-order valence-corrected chi connectivity index (χ2v) is 10.5. The first-order chi connectivity index (χ1) is 12.5. The first-order valence-corrected chi connectivity index (χ1v) is 9.88. The molecule has 3 aromatic rings. The Morgan fingerprint density at radius 3 is 2.08 bits per heavy atom. The number of hydrogen-bond donors (Lipinski definition) is 0. The second kappa shape index (κ2) is 5.48. The Labute approximate surface area is 167 Å². The molecule has 0 bridgehead atoms. The van der Waals surface area contributed by atoms with Gasteiger partial charge < -0.3 is 0 Å². The maximum absolute atomic E-state index is 12.7. The Hall–Kier alpha value is -2.04. The number of benzene rings is 3. The second-order valence-electron chi connectivity index (χ2n) is 6.72. The Kier molecular flexibility index (Phi) is 3.40. The smallest absolute Gasteiger partial charge is 0.194 e. The van der Waals surface area contributed by atoms with Crippen molar-refractivity contribution >= 4 is 43.4 Å². The fourth-order valence-electron chi connectivity index (χ4n) is 3.87. The molecule has 26 heavy (non-hydrogen) atoms. The number of hydrogen-bond acceptors (Lipinski definition) is 2. The van der Waals surface area contributed by atoms with E-state index in [1.165, 1.54) is 0 Å². The zero-order chi connectivity index (χ0) is 18.1. The predicted octanol–water partition coefficient (Wildman–Crippen LogP) is 5.79. The van der Waals surface area contributed by atoms with E-state index in [2.05, 4.69) is 31.9 Å². The maximum atomic E-state index is 12.7. The van der Waals surface area contributed by atoms with E-state index < -0.39 is 3.23 Å². The van der Waals surface area contributed by atoms with E-state index >= 15 is 0 Å². The third-order valence-corrected chi connectivity index (χ3v) is 6.43. The standard InChI is InChI=1S/C22H12Br2O2/c23-22(24)11-14-9-12(5-7-15(14)21(22)26)13-6-8-17-16-3-1-2-4-18(16)20(25)19(17)10-13/h1-10H,11H2. The van der Waals surface area contributed by atoms with Crippen LogP contribution < -0.4 is 0 Å². The summed E-state index contributed by atoms with van der Waals surface area (Å²) in [7, 11) is 0. The molecule has 0 saturated carbocycles. The van der Waals surface area contributed by atoms with Crippen molar-refractivity contribution in [2.45, 2.75) is 9.65 Å². The number of ketones is 2. The molecule has 0 atom stereocenters. The largest absolute Gasteiger partial charge is 0.292 e. The van der Waals surface area contributed by atoms with Gasteiger partial charge in [0.25, 0.3) is 0 Å². The molecule has 2 aliphatic rings. The molecular weight excluding hydrogens is 456 g/mol. The average molecular weight is 468 g/mol. The van der Waals surface area contributed by atoms with Crippen LogP contribution in [0.15, 0.2) is 60.7 Å². The van der Waals surface area contributed by atoms with Crippen LogP contribution in [0.4, 0.5) is 0 Å². The minimum absolute atomic E-state index is 0.0543. The van der Waals surface area contributed by atoms with Crippen molar-refractivity contribution in [3.05, 3.63) is 82.9 Å². The molecule has 0 aliphatic heterocycles. The lowest BCUT2D eigenvalue weighted by atomic mass is 9.96. The van der Waals surface area contributed by atoms with Crippen LogP contribution in [0.2, 0.25) is 0 Å². The van der Waals surface area contributed by atoms with E-state index in [1.54, 1.807) is 0 Å². The van der Waals surface area contributed by atoms with Crippen molar-refractivity contribution in [2.75, 3.05) is 0 Å². The molecule has 0 amide bonds. The van der Waals surface area contributed by atoms with Gasteiger partial charge in [-0.15, -0.1) is 0 Å². The molecule has 0 fully saturated rings. The van der Waals surface area contributed by atoms with Crippen LogP contribution in [0, 0.1) is 0 Å². The fraction of sp³-hybridized carbons (Fsp3) is 0.0909. The molecule has 2 nitrogen and oxygen atoms in total. The molecule has 126 valence electrons. The van der Waals surface area contributed by atoms with Gasteiger partial charge in [0.05, 0.1) is 0 Å². The van der Waals surface area contributed by atoms with Crippen molar-refractivity contribution in [3.63, 3.8) is 0 Å². The van der Waals surface area contributed by atoms with Crippen LogP contribution in [0.3, 0.4) is 0 Å². The Balaban J connectivity index is 1.60. The summed E-state index contributed by atoms with van der Waals surface area (Å²) >= 11 is 6.91. The summed E-state index contributed by atoms with van der Waals surface area (Å²) in [5.41, 5.74) is 7.26. The monoisotopic (exact) mass is 466 g/mol. The molecule has 2 aliphatic carbocycles. The van der Waals surface area contributed by atoms with Gasteiger partial charge in [0, 0.05) is 23.1 Å². The third kappa shape index (κ3) is 2.22. The molecule has 0 spiro atoms. The molecule has 0 heterocycles. The Morgan fingerprint density at radius 1 is 0.692 bits per heavy atom. The van der Waals surface area contributed by atoms with Crippen LogP contribution in [-0.2, 0) is 6.42 Å². The van der Waals surface area contributed by atoms with Gasteiger partial charge in [-0.05, 0) is 33.9 Å². The summed E-state index contributed by atoms with van der Waals surface area (Å²) < 4.78 is -0.698. The quantitative estimate of drug-likeness (QED) is 0.332. The lowest BCUT2D eigenvalue weighted by Gasteiger charge is -2.08. The summed E-state index contributed by atoms with van der Waals surface area (Å²) in [5.74, 6) is 0.132. The molecule has 4 heteroatoms. The topological polar surface area (TPSA) is 34.1 Å². The first-order valence-electron chi connectivity index (χ1n) is 8.30. The van der Waals surface area contributed by atoms with Gasteiger partial charge in [0.15, 0.2) is 11.6 Å². The fourth-order valence-corrected chi connectivity index (χ4v) is 4.90. The number of fused-ring (bicyclic) bond motifs is 4. The van der Waals surface area contributed by atoms with Crippen molar-refractivity contribution in [3.8, 4) is 22.3 Å². The summed E-state index contributed by atoms with van der Waals surface area (Å²) in [6.45, 7) is 0. The normalized spacial score (nSPS) is 16.4. The number of Topliss-reactive ketones (excluding diaryl/α,β-unsaturated/α-hetero) is 1. The molecule has 3 aromatic carbocycles. The van der Waals surface area contributed by atoms with E-state index in [0.717, 1.165) is 44.5 Å².